The number of benzene rings is 1. The number of nitrogens with zero attached hydrogens (tertiary/aromatic N) is 1. The second kappa shape index (κ2) is 8.59. The topological polar surface area (TPSA) is 77.5 Å². The Morgan fingerprint density at radius 1 is 1.35 bits per heavy atom. The number of carbonyl (C=O) groups excluding carboxylic acids is 2. The van der Waals surface area contributed by atoms with E-state index in [0.29, 0.717) is 15.3 Å². The third-order valence-electron chi connectivity index (χ3n) is 2.91. The fourth-order valence-electron chi connectivity index (χ4n) is 1.85. The lowest BCUT2D eigenvalue weighted by Gasteiger charge is -2.18. The van der Waals surface area contributed by atoms with Gasteiger partial charge in [-0.2, -0.15) is 0 Å². The number of esters is 1. The molecule has 2 rings (SSSR count). The lowest BCUT2D eigenvalue weighted by Crippen LogP contribution is -2.27. The molecule has 0 bridgehead atoms. The van der Waals surface area contributed by atoms with Gasteiger partial charge in [0.15, 0.2) is 5.13 Å². The maximum Gasteiger partial charge on any atom is 0.413 e. The van der Waals surface area contributed by atoms with Crippen LogP contribution in [0.3, 0.4) is 0 Å². The van der Waals surface area contributed by atoms with Crippen molar-refractivity contribution < 1.29 is 23.5 Å². The van der Waals surface area contributed by atoms with Gasteiger partial charge in [-0.05, 0) is 42.8 Å². The molecule has 0 aliphatic carbocycles. The molecule has 1 N–H and O–H groups in total. The molecule has 6 nitrogen and oxygen atoms in total. The molecule has 0 aliphatic rings. The fourth-order valence-corrected chi connectivity index (χ4v) is 2.96. The van der Waals surface area contributed by atoms with Crippen LogP contribution in [-0.2, 0) is 27.3 Å². The monoisotopic (exact) mass is 444 g/mol. The van der Waals surface area contributed by atoms with Crippen LogP contribution in [-0.4, -0.2) is 22.6 Å². The van der Waals surface area contributed by atoms with Gasteiger partial charge in [0.05, 0.1) is 16.6 Å². The number of aromatic nitrogens is 1. The Morgan fingerprint density at radius 2 is 2.08 bits per heavy atom. The third-order valence-corrected chi connectivity index (χ3v) is 4.32. The second-order valence-corrected chi connectivity index (χ2v) is 8.03. The van der Waals surface area contributed by atoms with E-state index in [9.17, 15) is 14.0 Å². The zero-order valence-corrected chi connectivity index (χ0v) is 16.9. The first-order valence-electron chi connectivity index (χ1n) is 7.67. The molecule has 1 aromatic carbocycles. The standard InChI is InChI=1S/C17H18BrFN2O4S/c1-17(2,3)25-16(23)21-15-20-11(9-26-15)7-13(22)24-8-10-5-4-6-12(18)14(10)19/h4-6,9H,7-8H2,1-3H3,(H,20,21,23). The summed E-state index contributed by atoms with van der Waals surface area (Å²) in [4.78, 5) is 27.7. The third kappa shape index (κ3) is 6.38. The predicted octanol–water partition coefficient (Wildman–Crippen LogP) is 4.68. The Labute approximate surface area is 162 Å². The van der Waals surface area contributed by atoms with Crippen molar-refractivity contribution in [1.82, 2.24) is 4.98 Å². The minimum atomic E-state index is -0.619. The molecule has 9 heteroatoms. The van der Waals surface area contributed by atoms with Crippen molar-refractivity contribution in [1.29, 1.82) is 0 Å². The van der Waals surface area contributed by atoms with Crippen molar-refractivity contribution >= 4 is 44.5 Å². The van der Waals surface area contributed by atoms with Crippen molar-refractivity contribution in [3.05, 3.63) is 45.1 Å². The highest BCUT2D eigenvalue weighted by molar-refractivity contribution is 9.10. The summed E-state index contributed by atoms with van der Waals surface area (Å²) in [6.07, 6.45) is -0.701. The predicted molar refractivity (Wildman–Crippen MR) is 99.6 cm³/mol. The Morgan fingerprint density at radius 3 is 2.77 bits per heavy atom. The van der Waals surface area contributed by atoms with Crippen LogP contribution in [0.1, 0.15) is 32.0 Å². The first-order chi connectivity index (χ1) is 12.1. The van der Waals surface area contributed by atoms with E-state index in [1.807, 2.05) is 0 Å². The van der Waals surface area contributed by atoms with Crippen molar-refractivity contribution in [2.45, 2.75) is 39.4 Å². The quantitative estimate of drug-likeness (QED) is 0.677. The zero-order valence-electron chi connectivity index (χ0n) is 14.5. The van der Waals surface area contributed by atoms with E-state index >= 15 is 0 Å². The van der Waals surface area contributed by atoms with Gasteiger partial charge in [-0.25, -0.2) is 14.2 Å². The summed E-state index contributed by atoms with van der Waals surface area (Å²) in [6, 6.07) is 4.76. The Balaban J connectivity index is 1.85. The first-order valence-corrected chi connectivity index (χ1v) is 9.34. The molecule has 0 saturated heterocycles. The van der Waals surface area contributed by atoms with Gasteiger partial charge in [0, 0.05) is 10.9 Å². The van der Waals surface area contributed by atoms with Crippen LogP contribution in [0.2, 0.25) is 0 Å². The van der Waals surface area contributed by atoms with Crippen LogP contribution in [0, 0.1) is 5.82 Å². The summed E-state index contributed by atoms with van der Waals surface area (Å²) < 4.78 is 24.3. The van der Waals surface area contributed by atoms with Crippen LogP contribution in [0.15, 0.2) is 28.1 Å². The van der Waals surface area contributed by atoms with Crippen LogP contribution < -0.4 is 5.32 Å². The summed E-state index contributed by atoms with van der Waals surface area (Å²) in [5.74, 6) is -1.00. The van der Waals surface area contributed by atoms with Gasteiger partial charge in [0.25, 0.3) is 0 Å². The summed E-state index contributed by atoms with van der Waals surface area (Å²) in [7, 11) is 0. The van der Waals surface area contributed by atoms with Gasteiger partial charge in [-0.15, -0.1) is 11.3 Å². The summed E-state index contributed by atoms with van der Waals surface area (Å²) >= 11 is 4.25. The van der Waals surface area contributed by atoms with E-state index in [1.54, 1.807) is 44.4 Å². The van der Waals surface area contributed by atoms with Gasteiger partial charge in [-0.3, -0.25) is 10.1 Å². The van der Waals surface area contributed by atoms with Crippen molar-refractivity contribution in [2.24, 2.45) is 0 Å². The van der Waals surface area contributed by atoms with E-state index in [2.05, 4.69) is 26.2 Å². The molecule has 0 atom stereocenters. The minimum absolute atomic E-state index is 0.0812. The van der Waals surface area contributed by atoms with Crippen molar-refractivity contribution in [3.8, 4) is 0 Å². The average Bonchev–Trinajstić information content (AvgIpc) is 2.93. The molecule has 2 aromatic rings. The van der Waals surface area contributed by atoms with E-state index < -0.39 is 23.5 Å². The number of anilines is 1. The number of carbonyl (C=O) groups is 2. The molecular weight excluding hydrogens is 427 g/mol. The summed E-state index contributed by atoms with van der Waals surface area (Å²) in [5, 5.41) is 4.46. The number of ether oxygens (including phenoxy) is 2. The van der Waals surface area contributed by atoms with Gasteiger partial charge in [0.2, 0.25) is 0 Å². The molecule has 0 fully saturated rings. The number of amides is 1. The highest BCUT2D eigenvalue weighted by Crippen LogP contribution is 2.20. The maximum atomic E-state index is 13.8. The number of nitrogens with one attached hydrogen (secondary N) is 1. The SMILES string of the molecule is CC(C)(C)OC(=O)Nc1nc(CC(=O)OCc2cccc(Br)c2F)cs1. The second-order valence-electron chi connectivity index (χ2n) is 6.32. The molecule has 1 amide bonds. The Bertz CT molecular complexity index is 804. The number of hydrogen-bond donors (Lipinski definition) is 1. The van der Waals surface area contributed by atoms with Crippen LogP contribution in [0.4, 0.5) is 14.3 Å². The number of halogens is 2. The number of rotatable bonds is 5. The van der Waals surface area contributed by atoms with Gasteiger partial charge >= 0.3 is 12.1 Å². The lowest BCUT2D eigenvalue weighted by atomic mass is 10.2. The molecule has 0 radical (unpaired) electrons. The van der Waals surface area contributed by atoms with E-state index in [-0.39, 0.29) is 18.6 Å². The molecule has 26 heavy (non-hydrogen) atoms. The van der Waals surface area contributed by atoms with E-state index in [0.717, 1.165) is 0 Å². The largest absolute Gasteiger partial charge is 0.460 e. The van der Waals surface area contributed by atoms with Gasteiger partial charge in [0.1, 0.15) is 18.0 Å². The van der Waals surface area contributed by atoms with Gasteiger partial charge < -0.3 is 9.47 Å². The first kappa shape index (κ1) is 20.3. The van der Waals surface area contributed by atoms with E-state index in [1.165, 1.54) is 11.3 Å². The Hall–Kier alpha value is -2.00. The molecule has 0 aliphatic heterocycles. The van der Waals surface area contributed by atoms with Crippen molar-refractivity contribution in [2.75, 3.05) is 5.32 Å². The van der Waals surface area contributed by atoms with Crippen LogP contribution >= 0.6 is 27.3 Å². The molecule has 1 heterocycles. The number of hydrogen-bond acceptors (Lipinski definition) is 6. The van der Waals surface area contributed by atoms with Crippen molar-refractivity contribution in [3.63, 3.8) is 0 Å². The molecule has 1 aromatic heterocycles. The Kier molecular flexibility index (Phi) is 6.71. The summed E-state index contributed by atoms with van der Waals surface area (Å²) in [6.45, 7) is 5.09. The smallest absolute Gasteiger partial charge is 0.413 e. The number of thiazole rings is 1. The fraction of sp³-hybridized carbons (Fsp3) is 0.353. The zero-order chi connectivity index (χ0) is 19.3. The minimum Gasteiger partial charge on any atom is -0.460 e. The maximum absolute atomic E-state index is 13.8. The molecule has 0 spiro atoms. The van der Waals surface area contributed by atoms with Crippen LogP contribution in [0.25, 0.3) is 0 Å². The van der Waals surface area contributed by atoms with Gasteiger partial charge in [-0.1, -0.05) is 12.1 Å². The summed E-state index contributed by atoms with van der Waals surface area (Å²) in [5.41, 5.74) is 0.106. The molecule has 0 saturated carbocycles. The van der Waals surface area contributed by atoms with Crippen LogP contribution in [0.5, 0.6) is 0 Å². The lowest BCUT2D eigenvalue weighted by molar-refractivity contribution is -0.144. The average molecular weight is 445 g/mol. The molecular formula is C17H18BrFN2O4S. The molecule has 0 unspecified atom stereocenters. The highest BCUT2D eigenvalue weighted by Gasteiger charge is 2.18. The normalized spacial score (nSPS) is 11.1. The van der Waals surface area contributed by atoms with E-state index in [4.69, 9.17) is 9.47 Å². The molecule has 140 valence electrons. The highest BCUT2D eigenvalue weighted by atomic mass is 79.9.